The van der Waals surface area contributed by atoms with Crippen LogP contribution in [0.15, 0.2) is 48.9 Å². The van der Waals surface area contributed by atoms with Gasteiger partial charge in [0.2, 0.25) is 0 Å². The summed E-state index contributed by atoms with van der Waals surface area (Å²) in [5, 5.41) is 16.7. The summed E-state index contributed by atoms with van der Waals surface area (Å²) in [6.45, 7) is 1.08. The molecule has 0 radical (unpaired) electrons. The van der Waals surface area contributed by atoms with E-state index in [2.05, 4.69) is 20.1 Å². The van der Waals surface area contributed by atoms with Gasteiger partial charge in [-0.05, 0) is 36.8 Å². The zero-order chi connectivity index (χ0) is 22.9. The lowest BCUT2D eigenvalue weighted by Gasteiger charge is -2.20. The highest BCUT2D eigenvalue weighted by molar-refractivity contribution is 6.05. The highest BCUT2D eigenvalue weighted by Gasteiger charge is 2.31. The summed E-state index contributed by atoms with van der Waals surface area (Å²) in [6.07, 6.45) is 0.292. The number of halogens is 3. The Kier molecular flexibility index (Phi) is 5.74. The Morgan fingerprint density at radius 3 is 2.59 bits per heavy atom. The molecule has 3 heterocycles. The smallest absolute Gasteiger partial charge is 0.406 e. The largest absolute Gasteiger partial charge is 0.573 e. The number of hydrogen-bond acceptors (Lipinski definition) is 6. The van der Waals surface area contributed by atoms with Crippen molar-refractivity contribution in [2.75, 3.05) is 23.3 Å². The molecule has 2 N–H and O–H groups in total. The van der Waals surface area contributed by atoms with Crippen molar-refractivity contribution in [2.24, 2.45) is 7.05 Å². The lowest BCUT2D eigenvalue weighted by molar-refractivity contribution is -0.274. The number of nitrogens with zero attached hydrogens (tertiary/aromatic N) is 4. The molecule has 2 aromatic heterocycles. The van der Waals surface area contributed by atoms with E-state index in [1.165, 1.54) is 18.3 Å². The van der Waals surface area contributed by atoms with Crippen LogP contribution in [0.5, 0.6) is 5.75 Å². The molecule has 8 nitrogen and oxygen atoms in total. The second-order valence-corrected chi connectivity index (χ2v) is 7.41. The number of aliphatic hydroxyl groups excluding tert-OH is 1. The fraction of sp³-hybridized carbons (Fsp3) is 0.286. The van der Waals surface area contributed by atoms with E-state index in [0.29, 0.717) is 36.6 Å². The van der Waals surface area contributed by atoms with Crippen LogP contribution in [0.4, 0.5) is 24.7 Å². The van der Waals surface area contributed by atoms with Crippen molar-refractivity contribution in [2.45, 2.75) is 18.9 Å². The first-order valence-corrected chi connectivity index (χ1v) is 9.77. The van der Waals surface area contributed by atoms with Crippen molar-refractivity contribution in [3.8, 4) is 16.9 Å². The Hall–Kier alpha value is -3.60. The van der Waals surface area contributed by atoms with Crippen molar-refractivity contribution in [1.29, 1.82) is 0 Å². The van der Waals surface area contributed by atoms with Gasteiger partial charge in [-0.15, -0.1) is 13.2 Å². The zero-order valence-corrected chi connectivity index (χ0v) is 17.0. The molecule has 1 aromatic carbocycles. The topological polar surface area (TPSA) is 92.5 Å². The van der Waals surface area contributed by atoms with Crippen LogP contribution in [0.1, 0.15) is 16.8 Å². The van der Waals surface area contributed by atoms with Gasteiger partial charge in [0, 0.05) is 49.3 Å². The summed E-state index contributed by atoms with van der Waals surface area (Å²) in [5.41, 5.74) is 2.02. The summed E-state index contributed by atoms with van der Waals surface area (Å²) in [6, 6.07) is 6.54. The SMILES string of the molecule is Cn1cc(-c2cc(C(=O)Nc3ccc(OC(F)(F)F)cc3)cnc2N2CC[C@@H](O)C2)cn1. The molecule has 0 aliphatic carbocycles. The highest BCUT2D eigenvalue weighted by Crippen LogP contribution is 2.32. The number of nitrogens with one attached hydrogen (secondary N) is 1. The lowest BCUT2D eigenvalue weighted by atomic mass is 10.1. The average Bonchev–Trinajstić information content (AvgIpc) is 3.36. The van der Waals surface area contributed by atoms with E-state index in [0.717, 1.165) is 17.7 Å². The van der Waals surface area contributed by atoms with Gasteiger partial charge in [-0.1, -0.05) is 0 Å². The molecule has 0 spiro atoms. The van der Waals surface area contributed by atoms with Crippen LogP contribution in [0, 0.1) is 0 Å². The number of anilines is 2. The van der Waals surface area contributed by atoms with Crippen LogP contribution in [-0.4, -0.2) is 51.3 Å². The number of aromatic nitrogens is 3. The van der Waals surface area contributed by atoms with E-state index >= 15 is 0 Å². The maximum absolute atomic E-state index is 12.8. The normalized spacial score (nSPS) is 16.3. The van der Waals surface area contributed by atoms with Crippen LogP contribution >= 0.6 is 0 Å². The summed E-state index contributed by atoms with van der Waals surface area (Å²) >= 11 is 0. The number of benzene rings is 1. The van der Waals surface area contributed by atoms with E-state index < -0.39 is 18.4 Å². The van der Waals surface area contributed by atoms with Gasteiger partial charge in [0.05, 0.1) is 17.9 Å². The van der Waals surface area contributed by atoms with Crippen LogP contribution in [0.25, 0.3) is 11.1 Å². The molecule has 1 fully saturated rings. The molecular formula is C21H20F3N5O3. The number of amides is 1. The first-order valence-electron chi connectivity index (χ1n) is 9.77. The fourth-order valence-corrected chi connectivity index (χ4v) is 3.48. The lowest BCUT2D eigenvalue weighted by Crippen LogP contribution is -2.23. The standard InChI is InChI=1S/C21H20F3N5O3/c1-28-11-14(10-26-28)18-8-13(9-25-19(18)29-7-6-16(30)12-29)20(31)27-15-2-4-17(5-3-15)32-21(22,23)24/h2-5,8-11,16,30H,6-7,12H2,1H3,(H,27,31)/t16-/m1/s1. The van der Waals surface area contributed by atoms with Crippen LogP contribution < -0.4 is 15.0 Å². The summed E-state index contributed by atoms with van der Waals surface area (Å²) in [4.78, 5) is 19.2. The minimum Gasteiger partial charge on any atom is -0.406 e. The number of rotatable bonds is 5. The van der Waals surface area contributed by atoms with Crippen molar-refractivity contribution in [1.82, 2.24) is 14.8 Å². The van der Waals surface area contributed by atoms with Gasteiger partial charge in [-0.2, -0.15) is 5.10 Å². The third kappa shape index (κ3) is 4.99. The number of β-amino-alcohol motifs (C(OH)–C–C–N with tert-alkyl or cyclic N) is 1. The monoisotopic (exact) mass is 447 g/mol. The molecule has 168 valence electrons. The number of aryl methyl sites for hydroxylation is 1. The summed E-state index contributed by atoms with van der Waals surface area (Å²) < 4.78 is 42.4. The summed E-state index contributed by atoms with van der Waals surface area (Å²) in [5.74, 6) is -0.215. The maximum atomic E-state index is 12.8. The van der Waals surface area contributed by atoms with Crippen LogP contribution in [0.2, 0.25) is 0 Å². The number of aliphatic hydroxyl groups is 1. The van der Waals surface area contributed by atoms with Crippen molar-refractivity contribution in [3.05, 3.63) is 54.5 Å². The minimum atomic E-state index is -4.79. The quantitative estimate of drug-likeness (QED) is 0.624. The number of carbonyl (C=O) groups is 1. The minimum absolute atomic E-state index is 0.267. The van der Waals surface area contributed by atoms with E-state index in [1.54, 1.807) is 30.2 Å². The number of ether oxygens (including phenoxy) is 1. The molecule has 0 bridgehead atoms. The van der Waals surface area contributed by atoms with Gasteiger partial charge < -0.3 is 20.1 Å². The van der Waals surface area contributed by atoms with E-state index in [1.807, 2.05) is 4.90 Å². The van der Waals surface area contributed by atoms with Crippen LogP contribution in [0.3, 0.4) is 0 Å². The van der Waals surface area contributed by atoms with E-state index in [9.17, 15) is 23.1 Å². The molecule has 1 aliphatic heterocycles. The third-order valence-electron chi connectivity index (χ3n) is 4.95. The van der Waals surface area contributed by atoms with Crippen molar-refractivity contribution >= 4 is 17.4 Å². The number of hydrogen-bond donors (Lipinski definition) is 2. The number of pyridine rings is 1. The first-order chi connectivity index (χ1) is 15.2. The Balaban J connectivity index is 1.57. The predicted molar refractivity (Wildman–Crippen MR) is 110 cm³/mol. The Labute approximate surface area is 181 Å². The Bertz CT molecular complexity index is 1110. The fourth-order valence-electron chi connectivity index (χ4n) is 3.48. The van der Waals surface area contributed by atoms with Crippen LogP contribution in [-0.2, 0) is 7.05 Å². The first kappa shape index (κ1) is 21.6. The van der Waals surface area contributed by atoms with Crippen molar-refractivity contribution < 1.29 is 27.8 Å². The van der Waals surface area contributed by atoms with Gasteiger partial charge in [-0.3, -0.25) is 9.48 Å². The molecule has 1 atom stereocenters. The average molecular weight is 447 g/mol. The Morgan fingerprint density at radius 2 is 2.00 bits per heavy atom. The molecular weight excluding hydrogens is 427 g/mol. The van der Waals surface area contributed by atoms with E-state index in [4.69, 9.17) is 0 Å². The van der Waals surface area contributed by atoms with Gasteiger partial charge in [-0.25, -0.2) is 4.98 Å². The molecule has 4 rings (SSSR count). The predicted octanol–water partition coefficient (Wildman–Crippen LogP) is 3.20. The number of carbonyl (C=O) groups excluding carboxylic acids is 1. The van der Waals surface area contributed by atoms with Gasteiger partial charge in [0.1, 0.15) is 11.6 Å². The molecule has 1 saturated heterocycles. The molecule has 32 heavy (non-hydrogen) atoms. The highest BCUT2D eigenvalue weighted by atomic mass is 19.4. The maximum Gasteiger partial charge on any atom is 0.573 e. The molecule has 1 aliphatic rings. The van der Waals surface area contributed by atoms with E-state index in [-0.39, 0.29) is 11.3 Å². The molecule has 1 amide bonds. The zero-order valence-electron chi connectivity index (χ0n) is 17.0. The molecule has 3 aromatic rings. The van der Waals surface area contributed by atoms with Gasteiger partial charge in [0.15, 0.2) is 0 Å². The second kappa shape index (κ2) is 8.50. The number of alkyl halides is 3. The van der Waals surface area contributed by atoms with Crippen molar-refractivity contribution in [3.63, 3.8) is 0 Å². The molecule has 0 unspecified atom stereocenters. The van der Waals surface area contributed by atoms with Gasteiger partial charge >= 0.3 is 6.36 Å². The third-order valence-corrected chi connectivity index (χ3v) is 4.95. The Morgan fingerprint density at radius 1 is 1.25 bits per heavy atom. The summed E-state index contributed by atoms with van der Waals surface area (Å²) in [7, 11) is 1.78. The second-order valence-electron chi connectivity index (χ2n) is 7.41. The molecule has 0 saturated carbocycles. The van der Waals surface area contributed by atoms with Gasteiger partial charge in [0.25, 0.3) is 5.91 Å². The molecule has 11 heteroatoms.